The van der Waals surface area contributed by atoms with Crippen molar-refractivity contribution in [2.24, 2.45) is 0 Å². The van der Waals surface area contributed by atoms with Crippen LogP contribution in [-0.4, -0.2) is 18.1 Å². The molecule has 4 heteroatoms. The molecule has 2 aromatic rings. The molecule has 96 valence electrons. The standard InChI is InChI=1S/C14H17ClN2O/c1-2-8-16-9-7-14-17-10-13(18-14)11-5-3-4-6-12(11)15/h3-6,10,16H,2,7-9H2,1H3. The van der Waals surface area contributed by atoms with Crippen LogP contribution in [0.2, 0.25) is 5.02 Å². The molecule has 0 fully saturated rings. The number of aromatic nitrogens is 1. The summed E-state index contributed by atoms with van der Waals surface area (Å²) in [5, 5.41) is 4.00. The van der Waals surface area contributed by atoms with Crippen LogP contribution in [0.3, 0.4) is 0 Å². The molecule has 1 heterocycles. The fourth-order valence-corrected chi connectivity index (χ4v) is 1.94. The van der Waals surface area contributed by atoms with Gasteiger partial charge in [-0.3, -0.25) is 0 Å². The van der Waals surface area contributed by atoms with Crippen LogP contribution in [-0.2, 0) is 6.42 Å². The second kappa shape index (κ2) is 6.57. The van der Waals surface area contributed by atoms with Crippen molar-refractivity contribution in [2.45, 2.75) is 19.8 Å². The number of hydrogen-bond donors (Lipinski definition) is 1. The third kappa shape index (κ3) is 3.34. The van der Waals surface area contributed by atoms with Gasteiger partial charge in [0.25, 0.3) is 0 Å². The number of nitrogens with zero attached hydrogens (tertiary/aromatic N) is 1. The molecule has 0 aliphatic rings. The summed E-state index contributed by atoms with van der Waals surface area (Å²) in [5.74, 6) is 1.47. The van der Waals surface area contributed by atoms with Crippen molar-refractivity contribution in [3.05, 3.63) is 41.4 Å². The molecule has 0 bridgehead atoms. The van der Waals surface area contributed by atoms with Crippen molar-refractivity contribution in [2.75, 3.05) is 13.1 Å². The van der Waals surface area contributed by atoms with E-state index in [1.54, 1.807) is 6.20 Å². The van der Waals surface area contributed by atoms with Crippen LogP contribution in [0.15, 0.2) is 34.9 Å². The van der Waals surface area contributed by atoms with Gasteiger partial charge in [-0.05, 0) is 25.1 Å². The molecule has 1 aromatic heterocycles. The number of rotatable bonds is 6. The Morgan fingerprint density at radius 3 is 2.89 bits per heavy atom. The summed E-state index contributed by atoms with van der Waals surface area (Å²) in [6.45, 7) is 4.06. The Hall–Kier alpha value is -1.32. The number of nitrogens with one attached hydrogen (secondary N) is 1. The van der Waals surface area contributed by atoms with Crippen LogP contribution < -0.4 is 5.32 Å². The molecule has 1 aromatic carbocycles. The molecule has 1 N–H and O–H groups in total. The van der Waals surface area contributed by atoms with E-state index in [0.29, 0.717) is 5.02 Å². The Morgan fingerprint density at radius 1 is 1.28 bits per heavy atom. The minimum absolute atomic E-state index is 0.685. The third-order valence-electron chi connectivity index (χ3n) is 2.64. The number of halogens is 1. The van der Waals surface area contributed by atoms with E-state index < -0.39 is 0 Å². The fourth-order valence-electron chi connectivity index (χ4n) is 1.71. The minimum atomic E-state index is 0.685. The van der Waals surface area contributed by atoms with Crippen molar-refractivity contribution in [1.29, 1.82) is 0 Å². The van der Waals surface area contributed by atoms with E-state index in [9.17, 15) is 0 Å². The molecule has 0 atom stereocenters. The zero-order valence-electron chi connectivity index (χ0n) is 10.4. The van der Waals surface area contributed by atoms with Gasteiger partial charge < -0.3 is 9.73 Å². The van der Waals surface area contributed by atoms with Gasteiger partial charge in [0.05, 0.1) is 11.2 Å². The topological polar surface area (TPSA) is 38.1 Å². The average molecular weight is 265 g/mol. The minimum Gasteiger partial charge on any atom is -0.441 e. The van der Waals surface area contributed by atoms with E-state index in [4.69, 9.17) is 16.0 Å². The molecular formula is C14H17ClN2O. The molecule has 0 unspecified atom stereocenters. The molecule has 2 rings (SSSR count). The van der Waals surface area contributed by atoms with E-state index in [2.05, 4.69) is 17.2 Å². The third-order valence-corrected chi connectivity index (χ3v) is 2.96. The lowest BCUT2D eigenvalue weighted by molar-refractivity contribution is 0.495. The van der Waals surface area contributed by atoms with Gasteiger partial charge in [-0.2, -0.15) is 0 Å². The highest BCUT2D eigenvalue weighted by atomic mass is 35.5. The molecule has 3 nitrogen and oxygen atoms in total. The summed E-state index contributed by atoms with van der Waals surface area (Å²) < 4.78 is 5.70. The van der Waals surface area contributed by atoms with Gasteiger partial charge in [-0.15, -0.1) is 0 Å². The zero-order chi connectivity index (χ0) is 12.8. The van der Waals surface area contributed by atoms with E-state index in [1.165, 1.54) is 0 Å². The summed E-state index contributed by atoms with van der Waals surface area (Å²) in [4.78, 5) is 4.27. The molecule has 0 spiro atoms. The van der Waals surface area contributed by atoms with Gasteiger partial charge in [0.2, 0.25) is 0 Å². The molecule has 0 radical (unpaired) electrons. The first-order valence-corrected chi connectivity index (χ1v) is 6.59. The van der Waals surface area contributed by atoms with Crippen LogP contribution in [0.25, 0.3) is 11.3 Å². The predicted molar refractivity (Wildman–Crippen MR) is 73.8 cm³/mol. The van der Waals surface area contributed by atoms with Crippen molar-refractivity contribution in [3.8, 4) is 11.3 Å². The van der Waals surface area contributed by atoms with Gasteiger partial charge in [-0.1, -0.05) is 30.7 Å². The predicted octanol–water partition coefficient (Wildman–Crippen LogP) is 3.54. The van der Waals surface area contributed by atoms with Gasteiger partial charge in [0.15, 0.2) is 11.7 Å². The highest BCUT2D eigenvalue weighted by Gasteiger charge is 2.08. The number of oxazole rings is 1. The highest BCUT2D eigenvalue weighted by Crippen LogP contribution is 2.27. The molecule has 18 heavy (non-hydrogen) atoms. The van der Waals surface area contributed by atoms with E-state index in [-0.39, 0.29) is 0 Å². The monoisotopic (exact) mass is 264 g/mol. The average Bonchev–Trinajstić information content (AvgIpc) is 2.84. The largest absolute Gasteiger partial charge is 0.441 e. The summed E-state index contributed by atoms with van der Waals surface area (Å²) in [5.41, 5.74) is 0.888. The molecule has 0 aliphatic carbocycles. The Kier molecular flexibility index (Phi) is 4.79. The van der Waals surface area contributed by atoms with Crippen molar-refractivity contribution in [3.63, 3.8) is 0 Å². The van der Waals surface area contributed by atoms with Crippen LogP contribution >= 0.6 is 11.6 Å². The molecule has 0 amide bonds. The highest BCUT2D eigenvalue weighted by molar-refractivity contribution is 6.33. The number of hydrogen-bond acceptors (Lipinski definition) is 3. The first kappa shape index (κ1) is 13.1. The van der Waals surface area contributed by atoms with Crippen LogP contribution in [0, 0.1) is 0 Å². The molecule has 0 saturated heterocycles. The number of benzene rings is 1. The lowest BCUT2D eigenvalue weighted by Gasteiger charge is -2.00. The summed E-state index contributed by atoms with van der Waals surface area (Å²) >= 11 is 6.11. The van der Waals surface area contributed by atoms with Crippen LogP contribution in [0.1, 0.15) is 19.2 Å². The van der Waals surface area contributed by atoms with E-state index >= 15 is 0 Å². The SMILES string of the molecule is CCCNCCc1ncc(-c2ccccc2Cl)o1. The Bertz CT molecular complexity index is 496. The Balaban J connectivity index is 2.00. The molecule has 0 aliphatic heterocycles. The maximum Gasteiger partial charge on any atom is 0.196 e. The quantitative estimate of drug-likeness (QED) is 0.811. The smallest absolute Gasteiger partial charge is 0.196 e. The van der Waals surface area contributed by atoms with Crippen molar-refractivity contribution < 1.29 is 4.42 Å². The summed E-state index contributed by atoms with van der Waals surface area (Å²) in [6, 6.07) is 7.62. The maximum absolute atomic E-state index is 6.11. The fraction of sp³-hybridized carbons (Fsp3) is 0.357. The second-order valence-electron chi connectivity index (χ2n) is 4.10. The van der Waals surface area contributed by atoms with Crippen LogP contribution in [0.5, 0.6) is 0 Å². The van der Waals surface area contributed by atoms with Gasteiger partial charge in [-0.25, -0.2) is 4.98 Å². The normalized spacial score (nSPS) is 10.8. The first-order valence-electron chi connectivity index (χ1n) is 6.21. The first-order chi connectivity index (χ1) is 8.81. The Labute approximate surface area is 112 Å². The lowest BCUT2D eigenvalue weighted by atomic mass is 10.2. The summed E-state index contributed by atoms with van der Waals surface area (Å²) in [7, 11) is 0. The lowest BCUT2D eigenvalue weighted by Crippen LogP contribution is -2.17. The van der Waals surface area contributed by atoms with E-state index in [0.717, 1.165) is 43.1 Å². The molecular weight excluding hydrogens is 248 g/mol. The van der Waals surface area contributed by atoms with Crippen LogP contribution in [0.4, 0.5) is 0 Å². The van der Waals surface area contributed by atoms with Crippen molar-refractivity contribution in [1.82, 2.24) is 10.3 Å². The van der Waals surface area contributed by atoms with Crippen molar-refractivity contribution >= 4 is 11.6 Å². The molecule has 0 saturated carbocycles. The summed E-state index contributed by atoms with van der Waals surface area (Å²) in [6.07, 6.45) is 3.66. The zero-order valence-corrected chi connectivity index (χ0v) is 11.2. The Morgan fingerprint density at radius 2 is 2.11 bits per heavy atom. The second-order valence-corrected chi connectivity index (χ2v) is 4.51. The van der Waals surface area contributed by atoms with Gasteiger partial charge >= 0.3 is 0 Å². The van der Waals surface area contributed by atoms with E-state index in [1.807, 2.05) is 24.3 Å². The maximum atomic E-state index is 6.11. The van der Waals surface area contributed by atoms with Gasteiger partial charge in [0.1, 0.15) is 0 Å². The van der Waals surface area contributed by atoms with Gasteiger partial charge in [0, 0.05) is 18.5 Å².